The summed E-state index contributed by atoms with van der Waals surface area (Å²) < 4.78 is 10.9. The van der Waals surface area contributed by atoms with Crippen LogP contribution in [-0.2, 0) is 9.53 Å². The first-order valence-corrected chi connectivity index (χ1v) is 8.97. The first kappa shape index (κ1) is 20.7. The maximum atomic E-state index is 11.9. The number of carbonyl (C=O) groups excluding carboxylic acids is 2. The summed E-state index contributed by atoms with van der Waals surface area (Å²) in [6, 6.07) is 6.97. The standard InChI is InChI=1S/C20H29NO4/c1-3-5-6-8-16-25-20(23)17-10-12-18(13-11-17)24-15-9-7-14-21-19(22)4-2/h4,10-13H,2-3,5-9,14-16H2,1H3,(H,21,22). The summed E-state index contributed by atoms with van der Waals surface area (Å²) in [6.45, 7) is 7.18. The molecule has 0 bridgehead atoms. The number of rotatable bonds is 13. The molecule has 25 heavy (non-hydrogen) atoms. The number of hydrogen-bond acceptors (Lipinski definition) is 4. The van der Waals surface area contributed by atoms with Gasteiger partial charge in [0.2, 0.25) is 5.91 Å². The molecule has 1 rings (SSSR count). The third kappa shape index (κ3) is 9.55. The van der Waals surface area contributed by atoms with Crippen LogP contribution in [0.5, 0.6) is 5.75 Å². The van der Waals surface area contributed by atoms with E-state index in [0.29, 0.717) is 25.3 Å². The minimum absolute atomic E-state index is 0.159. The number of esters is 1. The summed E-state index contributed by atoms with van der Waals surface area (Å²) >= 11 is 0. The Morgan fingerprint density at radius 1 is 1.04 bits per heavy atom. The lowest BCUT2D eigenvalue weighted by Crippen LogP contribution is -2.22. The fourth-order valence-corrected chi connectivity index (χ4v) is 2.17. The zero-order valence-corrected chi connectivity index (χ0v) is 15.1. The Kier molecular flexibility index (Phi) is 10.8. The molecule has 138 valence electrons. The summed E-state index contributed by atoms with van der Waals surface area (Å²) in [4.78, 5) is 22.9. The highest BCUT2D eigenvalue weighted by Crippen LogP contribution is 2.13. The summed E-state index contributed by atoms with van der Waals surface area (Å²) in [5.41, 5.74) is 0.537. The molecular formula is C20H29NO4. The van der Waals surface area contributed by atoms with Crippen molar-refractivity contribution in [1.29, 1.82) is 0 Å². The second-order valence-corrected chi connectivity index (χ2v) is 5.77. The van der Waals surface area contributed by atoms with E-state index >= 15 is 0 Å². The van der Waals surface area contributed by atoms with Crippen LogP contribution >= 0.6 is 0 Å². The van der Waals surface area contributed by atoms with E-state index < -0.39 is 0 Å². The van der Waals surface area contributed by atoms with Gasteiger partial charge in [0, 0.05) is 6.54 Å². The normalized spacial score (nSPS) is 10.1. The molecule has 0 aliphatic rings. The maximum absolute atomic E-state index is 11.9. The molecule has 0 heterocycles. The van der Waals surface area contributed by atoms with Crippen LogP contribution in [0.25, 0.3) is 0 Å². The predicted octanol–water partition coefficient (Wildman–Crippen LogP) is 3.88. The molecule has 0 saturated carbocycles. The molecule has 0 radical (unpaired) electrons. The monoisotopic (exact) mass is 347 g/mol. The van der Waals surface area contributed by atoms with Crippen LogP contribution in [-0.4, -0.2) is 31.6 Å². The van der Waals surface area contributed by atoms with Crippen molar-refractivity contribution in [2.75, 3.05) is 19.8 Å². The van der Waals surface area contributed by atoms with Crippen molar-refractivity contribution in [3.63, 3.8) is 0 Å². The minimum atomic E-state index is -0.291. The van der Waals surface area contributed by atoms with Gasteiger partial charge in [-0.05, 0) is 49.6 Å². The fourth-order valence-electron chi connectivity index (χ4n) is 2.17. The lowest BCUT2D eigenvalue weighted by atomic mass is 10.2. The van der Waals surface area contributed by atoms with E-state index in [9.17, 15) is 9.59 Å². The van der Waals surface area contributed by atoms with Gasteiger partial charge in [0.1, 0.15) is 5.75 Å². The van der Waals surface area contributed by atoms with Crippen molar-refractivity contribution in [3.8, 4) is 5.75 Å². The zero-order chi connectivity index (χ0) is 18.3. The maximum Gasteiger partial charge on any atom is 0.338 e. The second-order valence-electron chi connectivity index (χ2n) is 5.77. The Bertz CT molecular complexity index is 525. The quantitative estimate of drug-likeness (QED) is 0.334. The van der Waals surface area contributed by atoms with Gasteiger partial charge in [-0.1, -0.05) is 32.8 Å². The number of unbranched alkanes of at least 4 members (excludes halogenated alkanes) is 4. The number of carbonyl (C=O) groups is 2. The van der Waals surface area contributed by atoms with Crippen molar-refractivity contribution in [2.45, 2.75) is 45.4 Å². The van der Waals surface area contributed by atoms with E-state index in [-0.39, 0.29) is 11.9 Å². The minimum Gasteiger partial charge on any atom is -0.494 e. The highest BCUT2D eigenvalue weighted by atomic mass is 16.5. The second kappa shape index (κ2) is 13.0. The summed E-state index contributed by atoms with van der Waals surface area (Å²) in [5.74, 6) is 0.268. The van der Waals surface area contributed by atoms with Crippen molar-refractivity contribution >= 4 is 11.9 Å². The Balaban J connectivity index is 2.19. The molecule has 0 saturated heterocycles. The molecule has 1 aromatic rings. The summed E-state index contributed by atoms with van der Waals surface area (Å²) in [7, 11) is 0. The van der Waals surface area contributed by atoms with E-state index in [1.165, 1.54) is 18.9 Å². The van der Waals surface area contributed by atoms with E-state index in [1.54, 1.807) is 24.3 Å². The Hall–Kier alpha value is -2.30. The van der Waals surface area contributed by atoms with Crippen LogP contribution in [0.2, 0.25) is 0 Å². The summed E-state index contributed by atoms with van der Waals surface area (Å²) in [5, 5.41) is 2.71. The van der Waals surface area contributed by atoms with Gasteiger partial charge < -0.3 is 14.8 Å². The molecule has 0 unspecified atom stereocenters. The average molecular weight is 347 g/mol. The Morgan fingerprint density at radius 2 is 1.76 bits per heavy atom. The number of ether oxygens (including phenoxy) is 2. The van der Waals surface area contributed by atoms with Crippen LogP contribution in [0.15, 0.2) is 36.9 Å². The first-order valence-electron chi connectivity index (χ1n) is 8.97. The van der Waals surface area contributed by atoms with Gasteiger partial charge >= 0.3 is 5.97 Å². The largest absolute Gasteiger partial charge is 0.494 e. The molecule has 1 N–H and O–H groups in total. The molecule has 1 aromatic carbocycles. The van der Waals surface area contributed by atoms with Crippen molar-refractivity contribution in [1.82, 2.24) is 5.32 Å². The molecule has 5 heteroatoms. The third-order valence-electron chi connectivity index (χ3n) is 3.65. The number of hydrogen-bond donors (Lipinski definition) is 1. The SMILES string of the molecule is C=CC(=O)NCCCCOc1ccc(C(=O)OCCCCCC)cc1. The van der Waals surface area contributed by atoms with E-state index in [0.717, 1.165) is 31.4 Å². The molecule has 0 atom stereocenters. The van der Waals surface area contributed by atoms with E-state index in [4.69, 9.17) is 9.47 Å². The molecule has 0 aliphatic carbocycles. The Labute approximate surface area is 150 Å². The van der Waals surface area contributed by atoms with Crippen LogP contribution in [0, 0.1) is 0 Å². The molecular weight excluding hydrogens is 318 g/mol. The van der Waals surface area contributed by atoms with Crippen LogP contribution in [0.1, 0.15) is 55.8 Å². The van der Waals surface area contributed by atoms with Gasteiger partial charge in [-0.2, -0.15) is 0 Å². The van der Waals surface area contributed by atoms with Crippen LogP contribution in [0.3, 0.4) is 0 Å². The smallest absolute Gasteiger partial charge is 0.338 e. The number of nitrogens with one attached hydrogen (secondary N) is 1. The van der Waals surface area contributed by atoms with E-state index in [1.807, 2.05) is 0 Å². The van der Waals surface area contributed by atoms with Crippen molar-refractivity contribution in [3.05, 3.63) is 42.5 Å². The topological polar surface area (TPSA) is 64.6 Å². The lowest BCUT2D eigenvalue weighted by molar-refractivity contribution is -0.116. The zero-order valence-electron chi connectivity index (χ0n) is 15.1. The summed E-state index contributed by atoms with van der Waals surface area (Å²) in [6.07, 6.45) is 7.26. The molecule has 5 nitrogen and oxygen atoms in total. The third-order valence-corrected chi connectivity index (χ3v) is 3.65. The molecule has 0 fully saturated rings. The highest BCUT2D eigenvalue weighted by Gasteiger charge is 2.07. The molecule has 1 amide bonds. The number of amides is 1. The van der Waals surface area contributed by atoms with Crippen molar-refractivity contribution in [2.24, 2.45) is 0 Å². The molecule has 0 aliphatic heterocycles. The highest BCUT2D eigenvalue weighted by molar-refractivity contribution is 5.89. The van der Waals surface area contributed by atoms with Crippen LogP contribution < -0.4 is 10.1 Å². The lowest BCUT2D eigenvalue weighted by Gasteiger charge is -2.08. The van der Waals surface area contributed by atoms with Gasteiger partial charge in [0.05, 0.1) is 18.8 Å². The van der Waals surface area contributed by atoms with Gasteiger partial charge in [-0.3, -0.25) is 4.79 Å². The van der Waals surface area contributed by atoms with Gasteiger partial charge in [-0.15, -0.1) is 0 Å². The van der Waals surface area contributed by atoms with Gasteiger partial charge in [0.15, 0.2) is 0 Å². The fraction of sp³-hybridized carbons (Fsp3) is 0.500. The van der Waals surface area contributed by atoms with E-state index in [2.05, 4.69) is 18.8 Å². The first-order chi connectivity index (χ1) is 12.2. The van der Waals surface area contributed by atoms with Crippen LogP contribution in [0.4, 0.5) is 0 Å². The molecule has 0 spiro atoms. The Morgan fingerprint density at radius 3 is 2.44 bits per heavy atom. The predicted molar refractivity (Wildman–Crippen MR) is 98.8 cm³/mol. The molecule has 0 aromatic heterocycles. The van der Waals surface area contributed by atoms with Gasteiger partial charge in [-0.25, -0.2) is 4.79 Å². The number of benzene rings is 1. The van der Waals surface area contributed by atoms with Crippen molar-refractivity contribution < 1.29 is 19.1 Å². The average Bonchev–Trinajstić information content (AvgIpc) is 2.64. The van der Waals surface area contributed by atoms with Gasteiger partial charge in [0.25, 0.3) is 0 Å².